The summed E-state index contributed by atoms with van der Waals surface area (Å²) in [6.07, 6.45) is 3.32. The monoisotopic (exact) mass is 238 g/mol. The molecule has 2 N–H and O–H groups in total. The summed E-state index contributed by atoms with van der Waals surface area (Å²) >= 11 is 0. The molecule has 0 fully saturated rings. The second kappa shape index (κ2) is 6.67. The summed E-state index contributed by atoms with van der Waals surface area (Å²) in [4.78, 5) is 31.1. The van der Waals surface area contributed by atoms with Crippen molar-refractivity contribution in [3.8, 4) is 0 Å². The lowest BCUT2D eigenvalue weighted by molar-refractivity contribution is -0.130. The first-order chi connectivity index (χ1) is 8.19. The van der Waals surface area contributed by atoms with Gasteiger partial charge in [0.25, 0.3) is 5.56 Å². The summed E-state index contributed by atoms with van der Waals surface area (Å²) in [6.45, 7) is 5.71. The van der Waals surface area contributed by atoms with Gasteiger partial charge < -0.3 is 15.2 Å². The van der Waals surface area contributed by atoms with Crippen LogP contribution in [0.25, 0.3) is 0 Å². The van der Waals surface area contributed by atoms with Crippen LogP contribution in [0, 0.1) is 0 Å². The quantitative estimate of drug-likeness (QED) is 0.754. The second-order valence-corrected chi connectivity index (χ2v) is 3.51. The Hall–Kier alpha value is -1.85. The van der Waals surface area contributed by atoms with Crippen molar-refractivity contribution in [3.05, 3.63) is 22.7 Å². The fourth-order valence-electron chi connectivity index (χ4n) is 1.50. The number of H-pyrrole nitrogens is 1. The molecule has 1 amide bonds. The van der Waals surface area contributed by atoms with Crippen molar-refractivity contribution in [2.24, 2.45) is 0 Å². The first kappa shape index (κ1) is 13.2. The van der Waals surface area contributed by atoms with Gasteiger partial charge in [0, 0.05) is 38.4 Å². The van der Waals surface area contributed by atoms with E-state index in [1.807, 2.05) is 13.8 Å². The number of nitrogens with zero attached hydrogens (tertiary/aromatic N) is 2. The molecule has 0 atom stereocenters. The average Bonchev–Trinajstić information content (AvgIpc) is 2.33. The third kappa shape index (κ3) is 3.90. The molecule has 94 valence electrons. The van der Waals surface area contributed by atoms with E-state index in [1.54, 1.807) is 4.90 Å². The Morgan fingerprint density at radius 3 is 2.76 bits per heavy atom. The lowest BCUT2D eigenvalue weighted by Gasteiger charge is -2.18. The number of rotatable bonds is 6. The van der Waals surface area contributed by atoms with E-state index in [0.29, 0.717) is 26.1 Å². The average molecular weight is 238 g/mol. The van der Waals surface area contributed by atoms with E-state index in [0.717, 1.165) is 0 Å². The number of aromatic nitrogens is 2. The van der Waals surface area contributed by atoms with Crippen molar-refractivity contribution in [2.75, 3.05) is 25.0 Å². The lowest BCUT2D eigenvalue weighted by Crippen LogP contribution is -2.32. The molecule has 0 radical (unpaired) electrons. The van der Waals surface area contributed by atoms with Gasteiger partial charge in [-0.1, -0.05) is 0 Å². The van der Waals surface area contributed by atoms with Crippen LogP contribution in [-0.2, 0) is 4.79 Å². The Morgan fingerprint density at radius 2 is 2.18 bits per heavy atom. The number of carbonyl (C=O) groups excluding carboxylic acids is 1. The van der Waals surface area contributed by atoms with Gasteiger partial charge >= 0.3 is 0 Å². The number of hydrogen-bond donors (Lipinski definition) is 2. The highest BCUT2D eigenvalue weighted by atomic mass is 16.2. The summed E-state index contributed by atoms with van der Waals surface area (Å²) < 4.78 is 0. The van der Waals surface area contributed by atoms with Crippen molar-refractivity contribution in [1.29, 1.82) is 0 Å². The van der Waals surface area contributed by atoms with Crippen LogP contribution in [0.15, 0.2) is 17.2 Å². The Bertz CT molecular complexity index is 412. The highest BCUT2D eigenvalue weighted by molar-refractivity contribution is 5.76. The van der Waals surface area contributed by atoms with Crippen LogP contribution in [0.4, 0.5) is 5.82 Å². The van der Waals surface area contributed by atoms with Gasteiger partial charge in [0.15, 0.2) is 5.82 Å². The minimum atomic E-state index is -0.275. The van der Waals surface area contributed by atoms with Crippen molar-refractivity contribution < 1.29 is 4.79 Å². The van der Waals surface area contributed by atoms with E-state index in [9.17, 15) is 9.59 Å². The van der Waals surface area contributed by atoms with E-state index >= 15 is 0 Å². The molecule has 0 aliphatic rings. The first-order valence-corrected chi connectivity index (χ1v) is 5.74. The van der Waals surface area contributed by atoms with Crippen LogP contribution in [0.3, 0.4) is 0 Å². The zero-order valence-electron chi connectivity index (χ0n) is 10.2. The maximum Gasteiger partial charge on any atom is 0.290 e. The Morgan fingerprint density at radius 1 is 1.47 bits per heavy atom. The van der Waals surface area contributed by atoms with Gasteiger partial charge in [-0.15, -0.1) is 0 Å². The summed E-state index contributed by atoms with van der Waals surface area (Å²) in [7, 11) is 0. The largest absolute Gasteiger partial charge is 0.365 e. The molecule has 1 aromatic heterocycles. The number of hydrogen-bond acceptors (Lipinski definition) is 4. The van der Waals surface area contributed by atoms with Gasteiger partial charge in [0.1, 0.15) is 0 Å². The third-order valence-electron chi connectivity index (χ3n) is 2.46. The van der Waals surface area contributed by atoms with Crippen molar-refractivity contribution in [1.82, 2.24) is 14.9 Å². The van der Waals surface area contributed by atoms with E-state index in [1.165, 1.54) is 12.4 Å². The number of anilines is 1. The van der Waals surface area contributed by atoms with E-state index in [2.05, 4.69) is 15.3 Å². The molecule has 1 rings (SSSR count). The summed E-state index contributed by atoms with van der Waals surface area (Å²) in [5.74, 6) is 0.328. The molecule has 17 heavy (non-hydrogen) atoms. The van der Waals surface area contributed by atoms with Gasteiger partial charge in [0.05, 0.1) is 0 Å². The summed E-state index contributed by atoms with van der Waals surface area (Å²) in [5, 5.41) is 2.84. The van der Waals surface area contributed by atoms with Crippen molar-refractivity contribution in [3.63, 3.8) is 0 Å². The van der Waals surface area contributed by atoms with Crippen molar-refractivity contribution in [2.45, 2.75) is 20.3 Å². The number of aromatic amines is 1. The lowest BCUT2D eigenvalue weighted by atomic mass is 10.3. The van der Waals surface area contributed by atoms with E-state index in [-0.39, 0.29) is 17.3 Å². The van der Waals surface area contributed by atoms with Gasteiger partial charge in [-0.05, 0) is 13.8 Å². The highest BCUT2D eigenvalue weighted by Gasteiger charge is 2.09. The molecule has 6 nitrogen and oxygen atoms in total. The maximum atomic E-state index is 11.7. The van der Waals surface area contributed by atoms with Crippen LogP contribution < -0.4 is 10.9 Å². The fraction of sp³-hybridized carbons (Fsp3) is 0.545. The highest BCUT2D eigenvalue weighted by Crippen LogP contribution is 1.95. The molecule has 0 unspecified atom stereocenters. The molecule has 6 heteroatoms. The third-order valence-corrected chi connectivity index (χ3v) is 2.46. The van der Waals surface area contributed by atoms with Crippen LogP contribution in [0.2, 0.25) is 0 Å². The number of carbonyl (C=O) groups is 1. The Labute approximate surface area is 100 Å². The van der Waals surface area contributed by atoms with Gasteiger partial charge in [-0.3, -0.25) is 9.59 Å². The second-order valence-electron chi connectivity index (χ2n) is 3.51. The topological polar surface area (TPSA) is 78.1 Å². The molecule has 0 bridgehead atoms. The number of amides is 1. The smallest absolute Gasteiger partial charge is 0.290 e. The molecule has 0 aliphatic carbocycles. The maximum absolute atomic E-state index is 11.7. The zero-order valence-corrected chi connectivity index (χ0v) is 10.2. The predicted octanol–water partition coefficient (Wildman–Crippen LogP) is 0.440. The van der Waals surface area contributed by atoms with Crippen LogP contribution >= 0.6 is 0 Å². The molecule has 0 saturated heterocycles. The van der Waals surface area contributed by atoms with Crippen LogP contribution in [0.5, 0.6) is 0 Å². The summed E-state index contributed by atoms with van der Waals surface area (Å²) in [5.41, 5.74) is -0.275. The summed E-state index contributed by atoms with van der Waals surface area (Å²) in [6, 6.07) is 0. The molecule has 1 heterocycles. The van der Waals surface area contributed by atoms with Gasteiger partial charge in [-0.2, -0.15) is 0 Å². The molecule has 0 aromatic carbocycles. The van der Waals surface area contributed by atoms with E-state index in [4.69, 9.17) is 0 Å². The predicted molar refractivity (Wildman–Crippen MR) is 65.9 cm³/mol. The molecule has 1 aromatic rings. The SMILES string of the molecule is CCN(CC)C(=O)CCNc1ncc[nH]c1=O. The van der Waals surface area contributed by atoms with Crippen molar-refractivity contribution >= 4 is 11.7 Å². The molecular formula is C11H18N4O2. The Balaban J connectivity index is 2.41. The molecule has 0 spiro atoms. The molecular weight excluding hydrogens is 220 g/mol. The molecule has 0 saturated carbocycles. The molecule has 0 aliphatic heterocycles. The standard InChI is InChI=1S/C11H18N4O2/c1-3-15(4-2)9(16)5-6-12-10-11(17)14-8-7-13-10/h7-8H,3-6H2,1-2H3,(H,12,13)(H,14,17). The fourth-order valence-corrected chi connectivity index (χ4v) is 1.50. The zero-order chi connectivity index (χ0) is 12.7. The minimum Gasteiger partial charge on any atom is -0.365 e. The Kier molecular flexibility index (Phi) is 5.19. The normalized spacial score (nSPS) is 10.0. The minimum absolute atomic E-state index is 0.0786. The van der Waals surface area contributed by atoms with Gasteiger partial charge in [0.2, 0.25) is 5.91 Å². The first-order valence-electron chi connectivity index (χ1n) is 5.74. The number of nitrogens with one attached hydrogen (secondary N) is 2. The van der Waals surface area contributed by atoms with Crippen LogP contribution in [-0.4, -0.2) is 40.4 Å². The van der Waals surface area contributed by atoms with Crippen LogP contribution in [0.1, 0.15) is 20.3 Å². The van der Waals surface area contributed by atoms with E-state index < -0.39 is 0 Å². The van der Waals surface area contributed by atoms with Gasteiger partial charge in [-0.25, -0.2) is 4.98 Å².